The molecule has 0 N–H and O–H groups in total. The summed E-state index contributed by atoms with van der Waals surface area (Å²) < 4.78 is 22.2. The zero-order chi connectivity index (χ0) is 27.4. The average Bonchev–Trinajstić information content (AvgIpc) is 3.52. The van der Waals surface area contributed by atoms with Crippen molar-refractivity contribution >= 4 is 57.3 Å². The van der Waals surface area contributed by atoms with Crippen LogP contribution in [0, 0.1) is 0 Å². The highest BCUT2D eigenvalue weighted by Gasteiger charge is 2.49. The largest absolute Gasteiger partial charge is 0.309 e. The summed E-state index contributed by atoms with van der Waals surface area (Å²) in [6, 6.07) is 53.5. The van der Waals surface area contributed by atoms with Gasteiger partial charge in [-0.1, -0.05) is 91.0 Å². The van der Waals surface area contributed by atoms with E-state index in [-0.39, 0.29) is 0 Å². The van der Waals surface area contributed by atoms with Crippen molar-refractivity contribution < 1.29 is 4.57 Å². The first-order valence-corrected chi connectivity index (χ1v) is 15.4. The van der Waals surface area contributed by atoms with E-state index in [0.717, 1.165) is 44.8 Å². The topological polar surface area (TPSA) is 28.5 Å². The quantitative estimate of drug-likeness (QED) is 0.205. The molecule has 0 amide bonds. The van der Waals surface area contributed by atoms with Crippen molar-refractivity contribution in [1.29, 1.82) is 0 Å². The van der Waals surface area contributed by atoms with Gasteiger partial charge in [0.15, 0.2) is 0 Å². The van der Waals surface area contributed by atoms with E-state index in [9.17, 15) is 0 Å². The summed E-state index contributed by atoms with van der Waals surface area (Å²) in [4.78, 5) is 0. The van der Waals surface area contributed by atoms with Crippen molar-refractivity contribution in [1.82, 2.24) is 4.57 Å². The van der Waals surface area contributed by atoms with Gasteiger partial charge in [0.1, 0.15) is 0 Å². The Bertz CT molecular complexity index is 2040. The molecule has 196 valence electrons. The lowest BCUT2D eigenvalue weighted by molar-refractivity contribution is 0.582. The molecular weight excluding hydrogens is 521 g/mol. The second-order valence-corrected chi connectivity index (χ2v) is 12.6. The van der Waals surface area contributed by atoms with Crippen LogP contribution in [0.3, 0.4) is 0 Å². The molecule has 2 heterocycles. The summed E-state index contributed by atoms with van der Waals surface area (Å²) in [5.74, 6) is 0. The van der Waals surface area contributed by atoms with Gasteiger partial charge in [0.2, 0.25) is 0 Å². The highest BCUT2D eigenvalue weighted by Crippen LogP contribution is 2.70. The second kappa shape index (κ2) is 9.26. The van der Waals surface area contributed by atoms with Gasteiger partial charge in [0.25, 0.3) is 0 Å². The van der Waals surface area contributed by atoms with Crippen LogP contribution in [0.5, 0.6) is 0 Å². The lowest BCUT2D eigenvalue weighted by Gasteiger charge is -2.33. The standard InChI is InChI=1S/C36H26N3OP/c40-41(30-18-8-3-9-19-30)38(27-14-4-1-5-15-27)35-25-24-29(26-36(35)39(41)28-16-6-2-7-17-28)37-33-22-12-10-20-31(33)32-21-11-13-23-34(32)37/h1-26H. The fraction of sp³-hybridized carbons (Fsp3) is 0. The number of anilines is 4. The van der Waals surface area contributed by atoms with Crippen molar-refractivity contribution in [3.63, 3.8) is 0 Å². The van der Waals surface area contributed by atoms with Gasteiger partial charge < -0.3 is 4.57 Å². The summed E-state index contributed by atoms with van der Waals surface area (Å²) in [5, 5.41) is 3.20. The molecule has 1 atom stereocenters. The van der Waals surface area contributed by atoms with E-state index < -0.39 is 7.44 Å². The Morgan fingerprint density at radius 2 is 0.878 bits per heavy atom. The molecule has 1 unspecified atom stereocenters. The molecule has 0 aliphatic carbocycles. The Balaban J connectivity index is 1.45. The summed E-state index contributed by atoms with van der Waals surface area (Å²) in [6.07, 6.45) is 0. The lowest BCUT2D eigenvalue weighted by atomic mass is 10.2. The molecule has 0 spiro atoms. The molecule has 0 saturated heterocycles. The van der Waals surface area contributed by atoms with Crippen molar-refractivity contribution in [3.05, 3.63) is 158 Å². The second-order valence-electron chi connectivity index (χ2n) is 10.2. The van der Waals surface area contributed by atoms with Crippen LogP contribution in [-0.4, -0.2) is 4.57 Å². The molecule has 41 heavy (non-hydrogen) atoms. The maximum absolute atomic E-state index is 15.8. The maximum atomic E-state index is 15.8. The summed E-state index contributed by atoms with van der Waals surface area (Å²) in [5.41, 5.74) is 6.91. The molecule has 1 aliphatic heterocycles. The van der Waals surface area contributed by atoms with Crippen LogP contribution < -0.4 is 14.6 Å². The van der Waals surface area contributed by atoms with Crippen molar-refractivity contribution in [2.45, 2.75) is 0 Å². The van der Waals surface area contributed by atoms with Gasteiger partial charge in [-0.25, -0.2) is 0 Å². The Morgan fingerprint density at radius 3 is 1.44 bits per heavy atom. The number of para-hydroxylation sites is 4. The number of rotatable bonds is 4. The van der Waals surface area contributed by atoms with E-state index >= 15 is 4.57 Å². The van der Waals surface area contributed by atoms with Crippen LogP contribution in [0.1, 0.15) is 0 Å². The van der Waals surface area contributed by atoms with Crippen LogP contribution >= 0.6 is 7.44 Å². The van der Waals surface area contributed by atoms with E-state index in [1.807, 2.05) is 95.7 Å². The number of aromatic nitrogens is 1. The maximum Gasteiger partial charge on any atom is 0.301 e. The van der Waals surface area contributed by atoms with Gasteiger partial charge in [-0.2, -0.15) is 0 Å². The number of benzene rings is 6. The van der Waals surface area contributed by atoms with Crippen molar-refractivity contribution in [2.75, 3.05) is 9.34 Å². The molecule has 4 nitrogen and oxygen atoms in total. The molecule has 0 bridgehead atoms. The normalized spacial score (nSPS) is 16.4. The number of hydrogen-bond donors (Lipinski definition) is 0. The molecule has 7 aromatic rings. The Labute approximate surface area is 238 Å². The number of hydrogen-bond acceptors (Lipinski definition) is 1. The first kappa shape index (κ1) is 23.8. The van der Waals surface area contributed by atoms with Gasteiger partial charge in [-0.05, 0) is 66.7 Å². The highest BCUT2D eigenvalue weighted by atomic mass is 31.2. The summed E-state index contributed by atoms with van der Waals surface area (Å²) >= 11 is 0. The van der Waals surface area contributed by atoms with Crippen molar-refractivity contribution in [3.8, 4) is 5.69 Å². The third-order valence-corrected chi connectivity index (χ3v) is 10.8. The Hall–Kier alpha value is -5.05. The zero-order valence-corrected chi connectivity index (χ0v) is 23.1. The predicted octanol–water partition coefficient (Wildman–Crippen LogP) is 9.59. The molecule has 0 radical (unpaired) electrons. The van der Waals surface area contributed by atoms with Gasteiger partial charge in [0, 0.05) is 27.8 Å². The summed E-state index contributed by atoms with van der Waals surface area (Å²) in [7, 11) is -3.40. The van der Waals surface area contributed by atoms with E-state index in [1.54, 1.807) is 0 Å². The van der Waals surface area contributed by atoms with E-state index in [2.05, 4.69) is 76.0 Å². The van der Waals surface area contributed by atoms with Crippen LogP contribution in [0.15, 0.2) is 158 Å². The highest BCUT2D eigenvalue weighted by molar-refractivity contribution is 7.76. The Morgan fingerprint density at radius 1 is 0.415 bits per heavy atom. The van der Waals surface area contributed by atoms with Crippen molar-refractivity contribution in [2.24, 2.45) is 0 Å². The molecule has 0 fully saturated rings. The van der Waals surface area contributed by atoms with Crippen LogP contribution in [-0.2, 0) is 4.57 Å². The molecule has 0 saturated carbocycles. The van der Waals surface area contributed by atoms with Crippen LogP contribution in [0.4, 0.5) is 22.7 Å². The third kappa shape index (κ3) is 3.51. The molecule has 5 heteroatoms. The smallest absolute Gasteiger partial charge is 0.301 e. The molecule has 1 aromatic heterocycles. The van der Waals surface area contributed by atoms with E-state index in [1.165, 1.54) is 10.8 Å². The first-order valence-electron chi connectivity index (χ1n) is 13.7. The predicted molar refractivity (Wildman–Crippen MR) is 172 cm³/mol. The van der Waals surface area contributed by atoms with E-state index in [4.69, 9.17) is 0 Å². The van der Waals surface area contributed by atoms with Crippen LogP contribution in [0.2, 0.25) is 0 Å². The van der Waals surface area contributed by atoms with E-state index in [0.29, 0.717) is 0 Å². The molecule has 6 aromatic carbocycles. The minimum atomic E-state index is -3.40. The minimum Gasteiger partial charge on any atom is -0.309 e. The minimum absolute atomic E-state index is 0.780. The van der Waals surface area contributed by atoms with Gasteiger partial charge in [-0.15, -0.1) is 0 Å². The zero-order valence-electron chi connectivity index (χ0n) is 22.2. The monoisotopic (exact) mass is 547 g/mol. The van der Waals surface area contributed by atoms with Gasteiger partial charge >= 0.3 is 7.44 Å². The van der Waals surface area contributed by atoms with Gasteiger partial charge in [0.05, 0.1) is 27.7 Å². The average molecular weight is 548 g/mol. The first-order chi connectivity index (χ1) is 20.2. The molecular formula is C36H26N3OP. The molecule has 8 rings (SSSR count). The molecule has 1 aliphatic rings. The lowest BCUT2D eigenvalue weighted by Crippen LogP contribution is -2.26. The van der Waals surface area contributed by atoms with Crippen LogP contribution in [0.25, 0.3) is 27.5 Å². The SMILES string of the molecule is O=P1(c2ccccc2)N(c2ccccc2)c2ccc(-n3c4ccccc4c4ccccc43)cc2N1c1ccccc1. The fourth-order valence-corrected chi connectivity index (χ4v) is 9.17. The number of fused-ring (bicyclic) bond motifs is 4. The fourth-order valence-electron chi connectivity index (χ4n) is 6.16. The van der Waals surface area contributed by atoms with Gasteiger partial charge in [-0.3, -0.25) is 13.9 Å². The third-order valence-electron chi connectivity index (χ3n) is 7.89. The Kier molecular flexibility index (Phi) is 5.38. The number of nitrogens with zero attached hydrogens (tertiary/aromatic N) is 3. The summed E-state index contributed by atoms with van der Waals surface area (Å²) in [6.45, 7) is 0.